The lowest BCUT2D eigenvalue weighted by molar-refractivity contribution is 0.166. The molecule has 0 unspecified atom stereocenters. The third kappa shape index (κ3) is 4.14. The van der Waals surface area contributed by atoms with Crippen LogP contribution in [0.5, 0.6) is 0 Å². The minimum atomic E-state index is 0.672. The van der Waals surface area contributed by atoms with Gasteiger partial charge in [-0.1, -0.05) is 33.6 Å². The smallest absolute Gasteiger partial charge is 0.00348 e. The molecule has 1 rings (SSSR count). The fourth-order valence-corrected chi connectivity index (χ4v) is 2.88. The lowest BCUT2D eigenvalue weighted by Crippen LogP contribution is -2.34. The second-order valence-corrected chi connectivity index (χ2v) is 5.98. The number of hydrogen-bond acceptors (Lipinski definition) is 1. The highest BCUT2D eigenvalue weighted by Gasteiger charge is 2.32. The van der Waals surface area contributed by atoms with E-state index in [9.17, 15) is 0 Å². The van der Waals surface area contributed by atoms with Crippen LogP contribution in [0.2, 0.25) is 0 Å². The van der Waals surface area contributed by atoms with Gasteiger partial charge in [-0.3, -0.25) is 0 Å². The maximum absolute atomic E-state index is 2.56. The van der Waals surface area contributed by atoms with Gasteiger partial charge >= 0.3 is 0 Å². The van der Waals surface area contributed by atoms with E-state index < -0.39 is 0 Å². The average Bonchev–Trinajstić information content (AvgIpc) is 2.64. The standard InChI is InChI=1S/C14H29N/c1-5-14(9-6-7-10-14)12-15(4)11-8-13(2)3/h13H,5-12H2,1-4H3. The third-order valence-electron chi connectivity index (χ3n) is 4.11. The Balaban J connectivity index is 2.31. The van der Waals surface area contributed by atoms with Crippen LogP contribution in [0.4, 0.5) is 0 Å². The second-order valence-electron chi connectivity index (χ2n) is 5.98. The highest BCUT2D eigenvalue weighted by atomic mass is 15.1. The largest absolute Gasteiger partial charge is 0.306 e. The van der Waals surface area contributed by atoms with Gasteiger partial charge in [-0.05, 0) is 50.6 Å². The van der Waals surface area contributed by atoms with E-state index in [0.29, 0.717) is 5.41 Å². The molecule has 90 valence electrons. The fourth-order valence-electron chi connectivity index (χ4n) is 2.88. The summed E-state index contributed by atoms with van der Waals surface area (Å²) < 4.78 is 0. The summed E-state index contributed by atoms with van der Waals surface area (Å²) in [5.41, 5.74) is 0.672. The molecule has 0 heterocycles. The molecule has 0 N–H and O–H groups in total. The molecule has 1 nitrogen and oxygen atoms in total. The fraction of sp³-hybridized carbons (Fsp3) is 1.00. The molecule has 0 aromatic heterocycles. The van der Waals surface area contributed by atoms with Crippen molar-refractivity contribution >= 4 is 0 Å². The van der Waals surface area contributed by atoms with Crippen molar-refractivity contribution in [3.05, 3.63) is 0 Å². The van der Waals surface area contributed by atoms with Gasteiger partial charge in [0.25, 0.3) is 0 Å². The normalized spacial score (nSPS) is 20.4. The second kappa shape index (κ2) is 5.89. The van der Waals surface area contributed by atoms with E-state index in [1.807, 2.05) is 0 Å². The van der Waals surface area contributed by atoms with Crippen molar-refractivity contribution in [2.45, 2.75) is 59.3 Å². The summed E-state index contributed by atoms with van der Waals surface area (Å²) in [5.74, 6) is 0.841. The van der Waals surface area contributed by atoms with Crippen molar-refractivity contribution in [1.29, 1.82) is 0 Å². The van der Waals surface area contributed by atoms with Crippen LogP contribution >= 0.6 is 0 Å². The van der Waals surface area contributed by atoms with E-state index in [1.54, 1.807) is 0 Å². The SMILES string of the molecule is CCC1(CN(C)CCC(C)C)CCCC1. The van der Waals surface area contributed by atoms with Gasteiger partial charge in [-0.2, -0.15) is 0 Å². The molecule has 1 aliphatic carbocycles. The van der Waals surface area contributed by atoms with Crippen molar-refractivity contribution in [3.8, 4) is 0 Å². The molecule has 1 saturated carbocycles. The highest BCUT2D eigenvalue weighted by Crippen LogP contribution is 2.41. The maximum Gasteiger partial charge on any atom is 0.00348 e. The van der Waals surface area contributed by atoms with Crippen molar-refractivity contribution in [2.24, 2.45) is 11.3 Å². The van der Waals surface area contributed by atoms with E-state index in [4.69, 9.17) is 0 Å². The van der Waals surface area contributed by atoms with Crippen molar-refractivity contribution in [1.82, 2.24) is 4.90 Å². The summed E-state index contributed by atoms with van der Waals surface area (Å²) in [4.78, 5) is 2.56. The Morgan fingerprint density at radius 3 is 2.27 bits per heavy atom. The Kier molecular flexibility index (Phi) is 5.11. The van der Waals surface area contributed by atoms with Crippen LogP contribution in [-0.2, 0) is 0 Å². The van der Waals surface area contributed by atoms with Gasteiger partial charge in [-0.25, -0.2) is 0 Å². The monoisotopic (exact) mass is 211 g/mol. The quantitative estimate of drug-likeness (QED) is 0.643. The number of hydrogen-bond donors (Lipinski definition) is 0. The molecule has 0 amide bonds. The Bertz CT molecular complexity index is 168. The predicted octanol–water partition coefficient (Wildman–Crippen LogP) is 3.93. The first kappa shape index (κ1) is 13.0. The average molecular weight is 211 g/mol. The van der Waals surface area contributed by atoms with Crippen molar-refractivity contribution in [3.63, 3.8) is 0 Å². The number of rotatable bonds is 6. The first-order chi connectivity index (χ1) is 7.08. The lowest BCUT2D eigenvalue weighted by atomic mass is 9.83. The van der Waals surface area contributed by atoms with Crippen LogP contribution in [0.3, 0.4) is 0 Å². The Morgan fingerprint density at radius 2 is 1.80 bits per heavy atom. The first-order valence-electron chi connectivity index (χ1n) is 6.76. The molecule has 0 bridgehead atoms. The van der Waals surface area contributed by atoms with Gasteiger partial charge in [-0.15, -0.1) is 0 Å². The topological polar surface area (TPSA) is 3.24 Å². The zero-order valence-electron chi connectivity index (χ0n) is 11.2. The van der Waals surface area contributed by atoms with Gasteiger partial charge in [0.05, 0.1) is 0 Å². The van der Waals surface area contributed by atoms with Gasteiger partial charge in [0.1, 0.15) is 0 Å². The minimum absolute atomic E-state index is 0.672. The molecule has 1 heteroatoms. The summed E-state index contributed by atoms with van der Waals surface area (Å²) in [7, 11) is 2.30. The van der Waals surface area contributed by atoms with E-state index >= 15 is 0 Å². The summed E-state index contributed by atoms with van der Waals surface area (Å²) in [5, 5.41) is 0. The summed E-state index contributed by atoms with van der Waals surface area (Å²) in [6.45, 7) is 9.62. The highest BCUT2D eigenvalue weighted by molar-refractivity contribution is 4.85. The molecule has 15 heavy (non-hydrogen) atoms. The number of nitrogens with zero attached hydrogens (tertiary/aromatic N) is 1. The molecular weight excluding hydrogens is 182 g/mol. The zero-order valence-corrected chi connectivity index (χ0v) is 11.2. The summed E-state index contributed by atoms with van der Waals surface area (Å²) >= 11 is 0. The van der Waals surface area contributed by atoms with E-state index in [0.717, 1.165) is 5.92 Å². The molecule has 0 aromatic rings. The van der Waals surface area contributed by atoms with Crippen LogP contribution < -0.4 is 0 Å². The van der Waals surface area contributed by atoms with E-state index in [1.165, 1.54) is 51.6 Å². The molecule has 0 radical (unpaired) electrons. The third-order valence-corrected chi connectivity index (χ3v) is 4.11. The van der Waals surface area contributed by atoms with Gasteiger partial charge in [0.15, 0.2) is 0 Å². The molecule has 0 spiro atoms. The first-order valence-corrected chi connectivity index (χ1v) is 6.76. The Labute approximate surface area is 96.2 Å². The predicted molar refractivity (Wildman–Crippen MR) is 68.1 cm³/mol. The van der Waals surface area contributed by atoms with Crippen LogP contribution in [0, 0.1) is 11.3 Å². The zero-order chi connectivity index (χ0) is 11.3. The van der Waals surface area contributed by atoms with Crippen LogP contribution in [0.25, 0.3) is 0 Å². The molecule has 1 aliphatic rings. The molecule has 0 aliphatic heterocycles. The molecule has 0 aromatic carbocycles. The summed E-state index contributed by atoms with van der Waals surface area (Å²) in [6.07, 6.45) is 8.58. The van der Waals surface area contributed by atoms with Gasteiger partial charge in [0, 0.05) is 6.54 Å². The van der Waals surface area contributed by atoms with Crippen molar-refractivity contribution < 1.29 is 0 Å². The minimum Gasteiger partial charge on any atom is -0.306 e. The molecule has 0 atom stereocenters. The van der Waals surface area contributed by atoms with Crippen LogP contribution in [-0.4, -0.2) is 25.0 Å². The summed E-state index contributed by atoms with van der Waals surface area (Å²) in [6, 6.07) is 0. The molecular formula is C14H29N. The maximum atomic E-state index is 2.56. The van der Waals surface area contributed by atoms with Crippen molar-refractivity contribution in [2.75, 3.05) is 20.1 Å². The van der Waals surface area contributed by atoms with Crippen LogP contribution in [0.1, 0.15) is 59.3 Å². The van der Waals surface area contributed by atoms with Crippen LogP contribution in [0.15, 0.2) is 0 Å². The van der Waals surface area contributed by atoms with E-state index in [2.05, 4.69) is 32.7 Å². The molecule has 0 saturated heterocycles. The lowest BCUT2D eigenvalue weighted by Gasteiger charge is -2.33. The van der Waals surface area contributed by atoms with E-state index in [-0.39, 0.29) is 0 Å². The van der Waals surface area contributed by atoms with Gasteiger partial charge < -0.3 is 4.90 Å². The Morgan fingerprint density at radius 1 is 1.20 bits per heavy atom. The van der Waals surface area contributed by atoms with Gasteiger partial charge in [0.2, 0.25) is 0 Å². The molecule has 1 fully saturated rings. The Hall–Kier alpha value is -0.0400.